The van der Waals surface area contributed by atoms with Gasteiger partial charge in [0, 0.05) is 11.0 Å². The molecular formula is C14H20BrNO2. The summed E-state index contributed by atoms with van der Waals surface area (Å²) in [7, 11) is 3.31. The standard InChI is InChI=1S/C14H20BrNO2/c1-17-13-7-11(12(15)8-14(13)18-2)9-16-6-5-10-3-4-10/h7-8,10,16H,3-6,9H2,1-2H3. The molecule has 1 aliphatic rings. The van der Waals surface area contributed by atoms with Crippen molar-refractivity contribution in [2.45, 2.75) is 25.8 Å². The first-order chi connectivity index (χ1) is 8.74. The Kier molecular flexibility index (Phi) is 4.89. The van der Waals surface area contributed by atoms with E-state index in [-0.39, 0.29) is 0 Å². The van der Waals surface area contributed by atoms with Crippen LogP contribution in [-0.4, -0.2) is 20.8 Å². The highest BCUT2D eigenvalue weighted by Gasteiger charge is 2.20. The zero-order valence-corrected chi connectivity index (χ0v) is 12.5. The molecular weight excluding hydrogens is 294 g/mol. The van der Waals surface area contributed by atoms with Crippen LogP contribution < -0.4 is 14.8 Å². The molecule has 100 valence electrons. The van der Waals surface area contributed by atoms with Crippen LogP contribution in [0, 0.1) is 5.92 Å². The fourth-order valence-corrected chi connectivity index (χ4v) is 2.43. The second-order valence-electron chi connectivity index (χ2n) is 4.71. The van der Waals surface area contributed by atoms with Gasteiger partial charge in [-0.1, -0.05) is 28.8 Å². The third-order valence-electron chi connectivity index (χ3n) is 3.29. The molecule has 1 aliphatic carbocycles. The Morgan fingerprint density at radius 3 is 2.50 bits per heavy atom. The summed E-state index contributed by atoms with van der Waals surface area (Å²) in [6, 6.07) is 3.98. The lowest BCUT2D eigenvalue weighted by Gasteiger charge is -2.12. The van der Waals surface area contributed by atoms with Crippen LogP contribution in [0.25, 0.3) is 0 Å². The summed E-state index contributed by atoms with van der Waals surface area (Å²) in [5, 5.41) is 3.48. The lowest BCUT2D eigenvalue weighted by molar-refractivity contribution is 0.354. The van der Waals surface area contributed by atoms with E-state index in [2.05, 4.69) is 21.2 Å². The average Bonchev–Trinajstić information content (AvgIpc) is 3.19. The van der Waals surface area contributed by atoms with Gasteiger partial charge in [0.25, 0.3) is 0 Å². The van der Waals surface area contributed by atoms with E-state index in [1.165, 1.54) is 24.8 Å². The minimum atomic E-state index is 0.756. The van der Waals surface area contributed by atoms with Crippen LogP contribution in [0.5, 0.6) is 11.5 Å². The van der Waals surface area contributed by atoms with Crippen molar-refractivity contribution in [3.63, 3.8) is 0 Å². The van der Waals surface area contributed by atoms with Gasteiger partial charge in [-0.05, 0) is 36.6 Å². The van der Waals surface area contributed by atoms with Crippen LogP contribution in [0.15, 0.2) is 16.6 Å². The van der Waals surface area contributed by atoms with E-state index in [0.717, 1.165) is 35.0 Å². The Balaban J connectivity index is 1.93. The predicted molar refractivity (Wildman–Crippen MR) is 76.3 cm³/mol. The van der Waals surface area contributed by atoms with Gasteiger partial charge in [0.1, 0.15) is 0 Å². The lowest BCUT2D eigenvalue weighted by Crippen LogP contribution is -2.15. The van der Waals surface area contributed by atoms with Gasteiger partial charge in [-0.25, -0.2) is 0 Å². The molecule has 0 saturated heterocycles. The number of hydrogen-bond donors (Lipinski definition) is 1. The minimum absolute atomic E-state index is 0.756. The third kappa shape index (κ3) is 3.62. The molecule has 0 radical (unpaired) electrons. The normalized spacial score (nSPS) is 14.6. The van der Waals surface area contributed by atoms with Gasteiger partial charge >= 0.3 is 0 Å². The van der Waals surface area contributed by atoms with E-state index >= 15 is 0 Å². The summed E-state index contributed by atoms with van der Waals surface area (Å²) in [6.45, 7) is 1.94. The van der Waals surface area contributed by atoms with E-state index in [1.807, 2.05) is 12.1 Å². The number of nitrogens with one attached hydrogen (secondary N) is 1. The first-order valence-corrected chi connectivity index (χ1v) is 7.15. The summed E-state index contributed by atoms with van der Waals surface area (Å²) >= 11 is 3.57. The van der Waals surface area contributed by atoms with Crippen molar-refractivity contribution in [1.82, 2.24) is 5.32 Å². The zero-order valence-electron chi connectivity index (χ0n) is 11.0. The number of rotatable bonds is 7. The molecule has 0 bridgehead atoms. The average molecular weight is 314 g/mol. The summed E-state index contributed by atoms with van der Waals surface area (Å²) in [4.78, 5) is 0. The topological polar surface area (TPSA) is 30.5 Å². The Morgan fingerprint density at radius 1 is 1.22 bits per heavy atom. The molecule has 0 heterocycles. The minimum Gasteiger partial charge on any atom is -0.493 e. The van der Waals surface area contributed by atoms with Gasteiger partial charge in [0.15, 0.2) is 11.5 Å². The lowest BCUT2D eigenvalue weighted by atomic mass is 10.2. The largest absolute Gasteiger partial charge is 0.493 e. The summed E-state index contributed by atoms with van der Waals surface area (Å²) in [5.41, 5.74) is 1.20. The Hall–Kier alpha value is -0.740. The van der Waals surface area contributed by atoms with Crippen molar-refractivity contribution >= 4 is 15.9 Å². The quantitative estimate of drug-likeness (QED) is 0.783. The van der Waals surface area contributed by atoms with Gasteiger partial charge in [0.2, 0.25) is 0 Å². The first kappa shape index (κ1) is 13.7. The van der Waals surface area contributed by atoms with Crippen LogP contribution in [0.3, 0.4) is 0 Å². The van der Waals surface area contributed by atoms with Crippen LogP contribution in [0.4, 0.5) is 0 Å². The van der Waals surface area contributed by atoms with E-state index in [4.69, 9.17) is 9.47 Å². The van der Waals surface area contributed by atoms with Gasteiger partial charge in [0.05, 0.1) is 14.2 Å². The smallest absolute Gasteiger partial charge is 0.161 e. The van der Waals surface area contributed by atoms with Crippen molar-refractivity contribution in [3.8, 4) is 11.5 Å². The van der Waals surface area contributed by atoms with Crippen molar-refractivity contribution in [2.24, 2.45) is 5.92 Å². The summed E-state index contributed by atoms with van der Waals surface area (Å²) in [6.07, 6.45) is 4.13. The number of hydrogen-bond acceptors (Lipinski definition) is 3. The molecule has 1 aromatic carbocycles. The van der Waals surface area contributed by atoms with Crippen LogP contribution in [-0.2, 0) is 6.54 Å². The monoisotopic (exact) mass is 313 g/mol. The van der Waals surface area contributed by atoms with E-state index < -0.39 is 0 Å². The number of halogens is 1. The number of benzene rings is 1. The molecule has 0 unspecified atom stereocenters. The Labute approximate surface area is 117 Å². The van der Waals surface area contributed by atoms with Crippen LogP contribution in [0.1, 0.15) is 24.8 Å². The van der Waals surface area contributed by atoms with Crippen LogP contribution >= 0.6 is 15.9 Å². The van der Waals surface area contributed by atoms with Gasteiger partial charge in [-0.15, -0.1) is 0 Å². The molecule has 0 amide bonds. The predicted octanol–water partition coefficient (Wildman–Crippen LogP) is 3.36. The van der Waals surface area contributed by atoms with Crippen molar-refractivity contribution in [1.29, 1.82) is 0 Å². The van der Waals surface area contributed by atoms with Gasteiger partial charge < -0.3 is 14.8 Å². The zero-order chi connectivity index (χ0) is 13.0. The highest BCUT2D eigenvalue weighted by atomic mass is 79.9. The highest BCUT2D eigenvalue weighted by molar-refractivity contribution is 9.10. The second kappa shape index (κ2) is 6.43. The Morgan fingerprint density at radius 2 is 1.89 bits per heavy atom. The molecule has 1 N–H and O–H groups in total. The number of methoxy groups -OCH3 is 2. The molecule has 0 spiro atoms. The molecule has 0 aromatic heterocycles. The van der Waals surface area contributed by atoms with Crippen molar-refractivity contribution in [2.75, 3.05) is 20.8 Å². The molecule has 1 fully saturated rings. The molecule has 1 saturated carbocycles. The molecule has 0 aliphatic heterocycles. The fraction of sp³-hybridized carbons (Fsp3) is 0.571. The summed E-state index contributed by atoms with van der Waals surface area (Å²) in [5.74, 6) is 2.51. The molecule has 2 rings (SSSR count). The molecule has 18 heavy (non-hydrogen) atoms. The van der Waals surface area contributed by atoms with E-state index in [0.29, 0.717) is 0 Å². The third-order valence-corrected chi connectivity index (χ3v) is 4.03. The van der Waals surface area contributed by atoms with Gasteiger partial charge in [-0.3, -0.25) is 0 Å². The molecule has 0 atom stereocenters. The first-order valence-electron chi connectivity index (χ1n) is 6.35. The van der Waals surface area contributed by atoms with Crippen molar-refractivity contribution in [3.05, 3.63) is 22.2 Å². The Bertz CT molecular complexity index is 405. The highest BCUT2D eigenvalue weighted by Crippen LogP contribution is 2.33. The summed E-state index contributed by atoms with van der Waals surface area (Å²) < 4.78 is 11.6. The van der Waals surface area contributed by atoms with E-state index in [9.17, 15) is 0 Å². The number of ether oxygens (including phenoxy) is 2. The molecule has 3 nitrogen and oxygen atoms in total. The maximum absolute atomic E-state index is 5.31. The van der Waals surface area contributed by atoms with Crippen LogP contribution in [0.2, 0.25) is 0 Å². The van der Waals surface area contributed by atoms with E-state index in [1.54, 1.807) is 14.2 Å². The molecule has 1 aromatic rings. The van der Waals surface area contributed by atoms with Crippen molar-refractivity contribution < 1.29 is 9.47 Å². The fourth-order valence-electron chi connectivity index (χ4n) is 1.97. The molecule has 4 heteroatoms. The van der Waals surface area contributed by atoms with Gasteiger partial charge in [-0.2, -0.15) is 0 Å². The maximum atomic E-state index is 5.31. The second-order valence-corrected chi connectivity index (χ2v) is 5.56. The maximum Gasteiger partial charge on any atom is 0.161 e. The SMILES string of the molecule is COc1cc(Br)c(CNCCC2CC2)cc1OC.